The number of benzene rings is 2. The fourth-order valence-corrected chi connectivity index (χ4v) is 3.52. The second kappa shape index (κ2) is 9.18. The lowest BCUT2D eigenvalue weighted by atomic mass is 10.1. The molecule has 0 spiro atoms. The summed E-state index contributed by atoms with van der Waals surface area (Å²) in [7, 11) is 4.61. The lowest BCUT2D eigenvalue weighted by Gasteiger charge is -2.13. The minimum absolute atomic E-state index is 0.143. The number of amides is 1. The fourth-order valence-electron chi connectivity index (χ4n) is 2.73. The highest BCUT2D eigenvalue weighted by molar-refractivity contribution is 7.15. The third-order valence-electron chi connectivity index (χ3n) is 4.00. The van der Waals surface area contributed by atoms with E-state index in [4.69, 9.17) is 14.2 Å². The number of aromatic nitrogens is 2. The Bertz CT molecular complexity index is 919. The van der Waals surface area contributed by atoms with Gasteiger partial charge in [-0.15, -0.1) is 10.2 Å². The zero-order chi connectivity index (χ0) is 19.9. The zero-order valence-corrected chi connectivity index (χ0v) is 16.7. The molecule has 3 aromatic rings. The van der Waals surface area contributed by atoms with Crippen LogP contribution in [0.4, 0.5) is 5.13 Å². The number of methoxy groups -OCH3 is 3. The van der Waals surface area contributed by atoms with Gasteiger partial charge in [0.15, 0.2) is 11.5 Å². The van der Waals surface area contributed by atoms with Crippen LogP contribution >= 0.6 is 11.3 Å². The van der Waals surface area contributed by atoms with Crippen LogP contribution in [0.25, 0.3) is 0 Å². The van der Waals surface area contributed by atoms with Crippen LogP contribution in [0.2, 0.25) is 0 Å². The van der Waals surface area contributed by atoms with Gasteiger partial charge in [-0.1, -0.05) is 41.7 Å². The molecule has 0 bridgehead atoms. The predicted molar refractivity (Wildman–Crippen MR) is 108 cm³/mol. The average Bonchev–Trinajstić information content (AvgIpc) is 3.14. The topological polar surface area (TPSA) is 82.6 Å². The van der Waals surface area contributed by atoms with Gasteiger partial charge in [-0.25, -0.2) is 0 Å². The molecule has 0 aliphatic rings. The maximum Gasteiger partial charge on any atom is 0.230 e. The van der Waals surface area contributed by atoms with E-state index in [1.165, 1.54) is 32.7 Å². The van der Waals surface area contributed by atoms with Gasteiger partial charge in [0.25, 0.3) is 0 Å². The van der Waals surface area contributed by atoms with Crippen molar-refractivity contribution in [2.24, 2.45) is 0 Å². The van der Waals surface area contributed by atoms with Gasteiger partial charge >= 0.3 is 0 Å². The first kappa shape index (κ1) is 19.6. The standard InChI is InChI=1S/C20H21N3O4S/c1-25-15-9-14(10-16(26-2)19(15)27-3)11-17(24)21-20-23-22-18(28-20)12-13-7-5-4-6-8-13/h4-10H,11-12H2,1-3H3,(H,21,23,24). The maximum atomic E-state index is 12.4. The molecule has 28 heavy (non-hydrogen) atoms. The summed E-state index contributed by atoms with van der Waals surface area (Å²) in [6, 6.07) is 13.5. The van der Waals surface area contributed by atoms with E-state index in [0.29, 0.717) is 28.8 Å². The quantitative estimate of drug-likeness (QED) is 0.626. The van der Waals surface area contributed by atoms with Gasteiger partial charge in [-0.2, -0.15) is 0 Å². The number of anilines is 1. The van der Waals surface area contributed by atoms with E-state index in [0.717, 1.165) is 16.1 Å². The summed E-state index contributed by atoms with van der Waals surface area (Å²) in [5, 5.41) is 12.3. The SMILES string of the molecule is COc1cc(CC(=O)Nc2nnc(Cc3ccccc3)s2)cc(OC)c1OC. The van der Waals surface area contributed by atoms with Gasteiger partial charge < -0.3 is 19.5 Å². The first-order valence-corrected chi connectivity index (χ1v) is 9.39. The van der Waals surface area contributed by atoms with Crippen molar-refractivity contribution in [2.75, 3.05) is 26.6 Å². The van der Waals surface area contributed by atoms with E-state index < -0.39 is 0 Å². The van der Waals surface area contributed by atoms with Crippen molar-refractivity contribution in [3.63, 3.8) is 0 Å². The van der Waals surface area contributed by atoms with E-state index in [-0.39, 0.29) is 12.3 Å². The molecule has 1 amide bonds. The van der Waals surface area contributed by atoms with E-state index in [9.17, 15) is 4.79 Å². The Morgan fingerprint density at radius 1 is 0.964 bits per heavy atom. The van der Waals surface area contributed by atoms with Crippen LogP contribution in [0.15, 0.2) is 42.5 Å². The molecule has 8 heteroatoms. The van der Waals surface area contributed by atoms with E-state index in [2.05, 4.69) is 15.5 Å². The normalized spacial score (nSPS) is 10.4. The third kappa shape index (κ3) is 4.77. The van der Waals surface area contributed by atoms with Gasteiger partial charge in [0, 0.05) is 6.42 Å². The summed E-state index contributed by atoms with van der Waals surface area (Å²) in [5.74, 6) is 1.30. The number of nitrogens with zero attached hydrogens (tertiary/aromatic N) is 2. The molecule has 0 radical (unpaired) electrons. The maximum absolute atomic E-state index is 12.4. The summed E-state index contributed by atoms with van der Waals surface area (Å²) >= 11 is 1.36. The number of hydrogen-bond acceptors (Lipinski definition) is 7. The van der Waals surface area contributed by atoms with Crippen LogP contribution in [0, 0.1) is 0 Å². The van der Waals surface area contributed by atoms with Crippen molar-refractivity contribution >= 4 is 22.4 Å². The largest absolute Gasteiger partial charge is 0.493 e. The van der Waals surface area contributed by atoms with Crippen LogP contribution in [0.3, 0.4) is 0 Å². The molecule has 0 saturated heterocycles. The van der Waals surface area contributed by atoms with Crippen molar-refractivity contribution in [2.45, 2.75) is 12.8 Å². The van der Waals surface area contributed by atoms with Gasteiger partial charge in [0.1, 0.15) is 5.01 Å². The summed E-state index contributed by atoms with van der Waals surface area (Å²) in [5.41, 5.74) is 1.88. The lowest BCUT2D eigenvalue weighted by molar-refractivity contribution is -0.115. The Balaban J connectivity index is 1.66. The van der Waals surface area contributed by atoms with E-state index >= 15 is 0 Å². The molecule has 0 aliphatic heterocycles. The number of ether oxygens (including phenoxy) is 3. The molecular weight excluding hydrogens is 378 g/mol. The van der Waals surface area contributed by atoms with Crippen LogP contribution in [-0.2, 0) is 17.6 Å². The number of hydrogen-bond donors (Lipinski definition) is 1. The van der Waals surface area contributed by atoms with Gasteiger partial charge in [-0.3, -0.25) is 4.79 Å². The first-order chi connectivity index (χ1) is 13.6. The molecule has 1 aromatic heterocycles. The van der Waals surface area contributed by atoms with E-state index in [1.54, 1.807) is 12.1 Å². The van der Waals surface area contributed by atoms with Crippen molar-refractivity contribution in [1.29, 1.82) is 0 Å². The molecule has 0 aliphatic carbocycles. The predicted octanol–water partition coefficient (Wildman–Crippen LogP) is 3.34. The molecule has 146 valence electrons. The van der Waals surface area contributed by atoms with Crippen LogP contribution in [0.1, 0.15) is 16.1 Å². The number of rotatable bonds is 8. The van der Waals surface area contributed by atoms with Crippen LogP contribution in [-0.4, -0.2) is 37.4 Å². The average molecular weight is 399 g/mol. The van der Waals surface area contributed by atoms with Gasteiger partial charge in [-0.05, 0) is 23.3 Å². The molecular formula is C20H21N3O4S. The zero-order valence-electron chi connectivity index (χ0n) is 15.9. The number of carbonyl (C=O) groups excluding carboxylic acids is 1. The van der Waals surface area contributed by atoms with E-state index in [1.807, 2.05) is 30.3 Å². The lowest BCUT2D eigenvalue weighted by Crippen LogP contribution is -2.14. The summed E-state index contributed by atoms with van der Waals surface area (Å²) in [6.07, 6.45) is 0.825. The smallest absolute Gasteiger partial charge is 0.230 e. The Hall–Kier alpha value is -3.13. The fraction of sp³-hybridized carbons (Fsp3) is 0.250. The first-order valence-electron chi connectivity index (χ1n) is 8.58. The number of nitrogens with one attached hydrogen (secondary N) is 1. The van der Waals surface area contributed by atoms with Crippen molar-refractivity contribution in [3.8, 4) is 17.2 Å². The monoisotopic (exact) mass is 399 g/mol. The molecule has 1 N–H and O–H groups in total. The second-order valence-electron chi connectivity index (χ2n) is 5.92. The summed E-state index contributed by atoms with van der Waals surface area (Å²) in [4.78, 5) is 12.4. The molecule has 2 aromatic carbocycles. The molecule has 1 heterocycles. The Labute approximate surface area is 167 Å². The van der Waals surface area contributed by atoms with Crippen LogP contribution in [0.5, 0.6) is 17.2 Å². The van der Waals surface area contributed by atoms with Gasteiger partial charge in [0.05, 0.1) is 27.8 Å². The summed E-state index contributed by atoms with van der Waals surface area (Å²) < 4.78 is 15.9. The Morgan fingerprint density at radius 3 is 2.25 bits per heavy atom. The Morgan fingerprint density at radius 2 is 1.64 bits per heavy atom. The third-order valence-corrected chi connectivity index (χ3v) is 4.84. The highest BCUT2D eigenvalue weighted by atomic mass is 32.1. The van der Waals surface area contributed by atoms with Crippen LogP contribution < -0.4 is 19.5 Å². The van der Waals surface area contributed by atoms with Crippen molar-refractivity contribution < 1.29 is 19.0 Å². The summed E-state index contributed by atoms with van der Waals surface area (Å²) in [6.45, 7) is 0. The molecule has 0 atom stereocenters. The molecule has 3 rings (SSSR count). The van der Waals surface area contributed by atoms with Crippen molar-refractivity contribution in [3.05, 3.63) is 58.6 Å². The minimum Gasteiger partial charge on any atom is -0.493 e. The van der Waals surface area contributed by atoms with Crippen molar-refractivity contribution in [1.82, 2.24) is 10.2 Å². The van der Waals surface area contributed by atoms with Gasteiger partial charge in [0.2, 0.25) is 16.8 Å². The molecule has 0 unspecified atom stereocenters. The number of carbonyl (C=O) groups is 1. The highest BCUT2D eigenvalue weighted by Crippen LogP contribution is 2.38. The molecule has 0 saturated carbocycles. The minimum atomic E-state index is -0.198. The molecule has 0 fully saturated rings. The molecule has 7 nitrogen and oxygen atoms in total. The Kier molecular flexibility index (Phi) is 6.44. The highest BCUT2D eigenvalue weighted by Gasteiger charge is 2.16. The second-order valence-corrected chi connectivity index (χ2v) is 6.98.